The van der Waals surface area contributed by atoms with Crippen molar-refractivity contribution in [3.63, 3.8) is 0 Å². The minimum Gasteiger partial charge on any atom is -0.494 e. The van der Waals surface area contributed by atoms with E-state index in [1.807, 2.05) is 54.6 Å². The summed E-state index contributed by atoms with van der Waals surface area (Å²) in [6, 6.07) is 17.5. The lowest BCUT2D eigenvalue weighted by molar-refractivity contribution is 0.278. The van der Waals surface area contributed by atoms with Gasteiger partial charge in [0.2, 0.25) is 11.8 Å². The summed E-state index contributed by atoms with van der Waals surface area (Å²) in [5.41, 5.74) is 0.882. The number of nitrogens with zero attached hydrogens (tertiary/aromatic N) is 2. The zero-order valence-corrected chi connectivity index (χ0v) is 18.6. The van der Waals surface area contributed by atoms with Crippen LogP contribution < -0.4 is 9.47 Å². The van der Waals surface area contributed by atoms with E-state index in [1.165, 1.54) is 0 Å². The summed E-state index contributed by atoms with van der Waals surface area (Å²) >= 11 is 1.70. The maximum atomic E-state index is 8.77. The van der Waals surface area contributed by atoms with Crippen molar-refractivity contribution in [2.24, 2.45) is 0 Å². The lowest BCUT2D eigenvalue weighted by Gasteiger charge is -2.06. The zero-order chi connectivity index (χ0) is 21.6. The Bertz CT molecular complexity index is 856. The molecule has 0 unspecified atom stereocenters. The third-order valence-corrected chi connectivity index (χ3v) is 5.51. The van der Waals surface area contributed by atoms with Crippen molar-refractivity contribution in [3.8, 4) is 23.0 Å². The normalized spacial score (nSPS) is 10.9. The van der Waals surface area contributed by atoms with Gasteiger partial charge in [-0.1, -0.05) is 37.5 Å². The molecule has 31 heavy (non-hydrogen) atoms. The molecule has 2 aromatic carbocycles. The number of aliphatic hydroxyl groups is 1. The molecule has 3 aromatic rings. The average Bonchev–Trinajstić information content (AvgIpc) is 3.28. The van der Waals surface area contributed by atoms with Crippen molar-refractivity contribution >= 4 is 11.8 Å². The van der Waals surface area contributed by atoms with Crippen LogP contribution >= 0.6 is 11.8 Å². The Morgan fingerprint density at radius 3 is 2.29 bits per heavy atom. The molecule has 1 aromatic heterocycles. The molecule has 0 aliphatic rings. The van der Waals surface area contributed by atoms with Gasteiger partial charge in [-0.25, -0.2) is 0 Å². The predicted octanol–water partition coefficient (Wildman–Crippen LogP) is 5.37. The molecule has 7 heteroatoms. The van der Waals surface area contributed by atoms with E-state index in [9.17, 15) is 0 Å². The minimum absolute atomic E-state index is 0.285. The number of ether oxygens (including phenoxy) is 2. The van der Waals surface area contributed by atoms with E-state index in [-0.39, 0.29) is 6.61 Å². The van der Waals surface area contributed by atoms with Gasteiger partial charge in [0, 0.05) is 17.9 Å². The summed E-state index contributed by atoms with van der Waals surface area (Å²) in [6.45, 7) is 1.63. The second kappa shape index (κ2) is 13.7. The van der Waals surface area contributed by atoms with Crippen molar-refractivity contribution in [2.75, 3.05) is 25.6 Å². The highest BCUT2D eigenvalue weighted by molar-refractivity contribution is 7.98. The summed E-state index contributed by atoms with van der Waals surface area (Å²) in [5, 5.41) is 17.1. The van der Waals surface area contributed by atoms with Crippen LogP contribution in [0.2, 0.25) is 0 Å². The molecule has 1 heterocycles. The second-order valence-electron chi connectivity index (χ2n) is 7.08. The number of hydrogen-bond acceptors (Lipinski definition) is 7. The monoisotopic (exact) mass is 442 g/mol. The van der Waals surface area contributed by atoms with Crippen molar-refractivity contribution in [1.29, 1.82) is 0 Å². The van der Waals surface area contributed by atoms with E-state index >= 15 is 0 Å². The lowest BCUT2D eigenvalue weighted by atomic mass is 10.1. The molecular weight excluding hydrogens is 412 g/mol. The first kappa shape index (κ1) is 23.2. The Morgan fingerprint density at radius 1 is 0.774 bits per heavy atom. The van der Waals surface area contributed by atoms with E-state index in [4.69, 9.17) is 19.0 Å². The van der Waals surface area contributed by atoms with Gasteiger partial charge in [-0.3, -0.25) is 0 Å². The SMILES string of the molecule is OCCCCCCCOc1ccc(-c2nnc(CSCCOc3ccccc3)o2)cc1. The van der Waals surface area contributed by atoms with Crippen LogP contribution in [-0.2, 0) is 5.75 Å². The summed E-state index contributed by atoms with van der Waals surface area (Å²) in [4.78, 5) is 0. The third-order valence-electron chi connectivity index (χ3n) is 4.60. The Morgan fingerprint density at radius 2 is 1.48 bits per heavy atom. The molecular formula is C24H30N2O4S. The van der Waals surface area contributed by atoms with E-state index in [0.29, 0.717) is 30.7 Å². The van der Waals surface area contributed by atoms with Crippen molar-refractivity contribution in [1.82, 2.24) is 10.2 Å². The highest BCUT2D eigenvalue weighted by Gasteiger charge is 2.09. The van der Waals surface area contributed by atoms with E-state index in [2.05, 4.69) is 10.2 Å². The van der Waals surface area contributed by atoms with Gasteiger partial charge in [0.25, 0.3) is 0 Å². The minimum atomic E-state index is 0.285. The van der Waals surface area contributed by atoms with E-state index in [0.717, 1.165) is 54.9 Å². The number of benzene rings is 2. The van der Waals surface area contributed by atoms with Crippen molar-refractivity contribution in [3.05, 3.63) is 60.5 Å². The standard InChI is InChI=1S/C24H30N2O4S/c27-15-7-2-1-3-8-16-28-22-13-11-20(12-14-22)24-26-25-23(30-24)19-31-18-17-29-21-9-5-4-6-10-21/h4-6,9-14,27H,1-3,7-8,15-19H2. The summed E-state index contributed by atoms with van der Waals surface area (Å²) in [6.07, 6.45) is 5.26. The van der Waals surface area contributed by atoms with Crippen LogP contribution in [0, 0.1) is 0 Å². The largest absolute Gasteiger partial charge is 0.494 e. The topological polar surface area (TPSA) is 77.6 Å². The smallest absolute Gasteiger partial charge is 0.247 e. The Kier molecular flexibility index (Phi) is 10.3. The van der Waals surface area contributed by atoms with Gasteiger partial charge in [0.15, 0.2) is 0 Å². The average molecular weight is 443 g/mol. The number of rotatable bonds is 15. The van der Waals surface area contributed by atoms with Gasteiger partial charge in [0.05, 0.1) is 19.0 Å². The molecule has 166 valence electrons. The Hall–Kier alpha value is -2.51. The van der Waals surface area contributed by atoms with Crippen LogP contribution in [0.1, 0.15) is 38.0 Å². The van der Waals surface area contributed by atoms with Crippen molar-refractivity contribution in [2.45, 2.75) is 37.9 Å². The van der Waals surface area contributed by atoms with Crippen LogP contribution in [0.25, 0.3) is 11.5 Å². The van der Waals surface area contributed by atoms with Gasteiger partial charge >= 0.3 is 0 Å². The first-order valence-electron chi connectivity index (χ1n) is 10.8. The van der Waals surface area contributed by atoms with Crippen LogP contribution in [0.15, 0.2) is 59.0 Å². The molecule has 0 saturated carbocycles. The molecule has 0 saturated heterocycles. The summed E-state index contributed by atoms with van der Waals surface area (Å²) < 4.78 is 17.2. The number of aliphatic hydroxyl groups excluding tert-OH is 1. The zero-order valence-electron chi connectivity index (χ0n) is 17.7. The number of hydrogen-bond donors (Lipinski definition) is 1. The fourth-order valence-electron chi connectivity index (χ4n) is 2.95. The maximum absolute atomic E-state index is 8.77. The highest BCUT2D eigenvalue weighted by atomic mass is 32.2. The molecule has 0 amide bonds. The maximum Gasteiger partial charge on any atom is 0.247 e. The van der Waals surface area contributed by atoms with Gasteiger partial charge in [-0.2, -0.15) is 0 Å². The molecule has 0 radical (unpaired) electrons. The first-order valence-corrected chi connectivity index (χ1v) is 11.9. The quantitative estimate of drug-likeness (QED) is 0.317. The van der Waals surface area contributed by atoms with E-state index < -0.39 is 0 Å². The third kappa shape index (κ3) is 8.63. The Balaban J connectivity index is 1.33. The Labute approximate surface area is 188 Å². The van der Waals surface area contributed by atoms with Crippen LogP contribution in [0.3, 0.4) is 0 Å². The fraction of sp³-hybridized carbons (Fsp3) is 0.417. The first-order chi connectivity index (χ1) is 15.3. The van der Waals surface area contributed by atoms with Crippen LogP contribution in [0.4, 0.5) is 0 Å². The van der Waals surface area contributed by atoms with E-state index in [1.54, 1.807) is 11.8 Å². The van der Waals surface area contributed by atoms with Gasteiger partial charge < -0.3 is 19.0 Å². The number of para-hydroxylation sites is 1. The van der Waals surface area contributed by atoms with Gasteiger partial charge in [-0.15, -0.1) is 22.0 Å². The number of aromatic nitrogens is 2. The van der Waals surface area contributed by atoms with Gasteiger partial charge in [0.1, 0.15) is 11.5 Å². The predicted molar refractivity (Wildman–Crippen MR) is 123 cm³/mol. The number of thioether (sulfide) groups is 1. The van der Waals surface area contributed by atoms with Crippen LogP contribution in [0.5, 0.6) is 11.5 Å². The molecule has 0 atom stereocenters. The molecule has 3 rings (SSSR count). The highest BCUT2D eigenvalue weighted by Crippen LogP contribution is 2.23. The summed E-state index contributed by atoms with van der Waals surface area (Å²) in [5.74, 6) is 4.36. The van der Waals surface area contributed by atoms with Gasteiger partial charge in [-0.05, 0) is 49.2 Å². The molecule has 0 aliphatic heterocycles. The van der Waals surface area contributed by atoms with Crippen LogP contribution in [-0.4, -0.2) is 40.9 Å². The lowest BCUT2D eigenvalue weighted by Crippen LogP contribution is -2.00. The summed E-state index contributed by atoms with van der Waals surface area (Å²) in [7, 11) is 0. The van der Waals surface area contributed by atoms with Crippen molar-refractivity contribution < 1.29 is 19.0 Å². The molecule has 6 nitrogen and oxygen atoms in total. The molecule has 0 bridgehead atoms. The molecule has 0 spiro atoms. The second-order valence-corrected chi connectivity index (χ2v) is 8.18. The molecule has 1 N–H and O–H groups in total. The molecule has 0 aliphatic carbocycles. The molecule has 0 fully saturated rings. The fourth-order valence-corrected chi connectivity index (χ4v) is 3.59. The number of unbranched alkanes of at least 4 members (excludes halogenated alkanes) is 4.